The first-order valence-electron chi connectivity index (χ1n) is 8.53. The number of nitrogens with zero attached hydrogens (tertiary/aromatic N) is 2. The second-order valence-electron chi connectivity index (χ2n) is 6.61. The van der Waals surface area contributed by atoms with Crippen molar-refractivity contribution in [3.8, 4) is 0 Å². The van der Waals surface area contributed by atoms with Crippen LogP contribution in [0.25, 0.3) is 0 Å². The van der Waals surface area contributed by atoms with Crippen LogP contribution < -0.4 is 5.32 Å². The molecule has 2 fully saturated rings. The van der Waals surface area contributed by atoms with Gasteiger partial charge in [-0.05, 0) is 63.4 Å². The van der Waals surface area contributed by atoms with Crippen molar-refractivity contribution in [2.75, 3.05) is 39.3 Å². The Morgan fingerprint density at radius 3 is 2.82 bits per heavy atom. The third-order valence-electron chi connectivity index (χ3n) is 4.72. The highest BCUT2D eigenvalue weighted by molar-refractivity contribution is 5.78. The molecular formula is C17H27N3O2. The molecule has 1 atom stereocenters. The van der Waals surface area contributed by atoms with E-state index in [1.807, 2.05) is 12.1 Å². The van der Waals surface area contributed by atoms with E-state index < -0.39 is 0 Å². The van der Waals surface area contributed by atoms with Crippen LogP contribution in [0.5, 0.6) is 0 Å². The highest BCUT2D eigenvalue weighted by Gasteiger charge is 2.22. The first-order valence-corrected chi connectivity index (χ1v) is 8.53. The van der Waals surface area contributed by atoms with E-state index in [0.29, 0.717) is 12.5 Å². The largest absolute Gasteiger partial charge is 0.468 e. The van der Waals surface area contributed by atoms with E-state index in [-0.39, 0.29) is 5.91 Å². The van der Waals surface area contributed by atoms with Crippen LogP contribution in [-0.2, 0) is 11.3 Å². The number of hydrogen-bond donors (Lipinski definition) is 1. The van der Waals surface area contributed by atoms with E-state index >= 15 is 0 Å². The summed E-state index contributed by atoms with van der Waals surface area (Å²) < 4.78 is 5.43. The lowest BCUT2D eigenvalue weighted by molar-refractivity contribution is -0.122. The number of hydrogen-bond acceptors (Lipinski definition) is 4. The van der Waals surface area contributed by atoms with Gasteiger partial charge in [0.2, 0.25) is 5.91 Å². The summed E-state index contributed by atoms with van der Waals surface area (Å²) in [6.45, 7) is 6.58. The molecule has 1 aromatic heterocycles. The molecule has 0 aromatic carbocycles. The number of likely N-dealkylation sites (tertiary alicyclic amines) is 2. The van der Waals surface area contributed by atoms with Crippen LogP contribution in [0.15, 0.2) is 22.8 Å². The van der Waals surface area contributed by atoms with Crippen molar-refractivity contribution in [1.82, 2.24) is 15.1 Å². The minimum absolute atomic E-state index is 0.185. The van der Waals surface area contributed by atoms with Crippen LogP contribution in [-0.4, -0.2) is 55.0 Å². The number of amides is 1. The van der Waals surface area contributed by atoms with Gasteiger partial charge in [-0.25, -0.2) is 0 Å². The maximum atomic E-state index is 12.0. The predicted molar refractivity (Wildman–Crippen MR) is 85.4 cm³/mol. The predicted octanol–water partition coefficient (Wildman–Crippen LogP) is 1.70. The molecule has 122 valence electrons. The Hall–Kier alpha value is -1.33. The molecule has 0 saturated carbocycles. The minimum atomic E-state index is 0.185. The first-order chi connectivity index (χ1) is 10.8. The highest BCUT2D eigenvalue weighted by Crippen LogP contribution is 2.18. The molecule has 1 N–H and O–H groups in total. The number of nitrogens with one attached hydrogen (secondary N) is 1. The van der Waals surface area contributed by atoms with Crippen molar-refractivity contribution in [3.63, 3.8) is 0 Å². The van der Waals surface area contributed by atoms with Gasteiger partial charge in [-0.3, -0.25) is 14.6 Å². The van der Waals surface area contributed by atoms with Crippen molar-refractivity contribution in [2.24, 2.45) is 5.92 Å². The molecule has 5 heteroatoms. The zero-order chi connectivity index (χ0) is 15.2. The van der Waals surface area contributed by atoms with Crippen LogP contribution in [0.1, 0.15) is 31.4 Å². The molecule has 2 aliphatic rings. The van der Waals surface area contributed by atoms with Crippen molar-refractivity contribution < 1.29 is 9.21 Å². The summed E-state index contributed by atoms with van der Waals surface area (Å²) in [7, 11) is 0. The third-order valence-corrected chi connectivity index (χ3v) is 4.72. The van der Waals surface area contributed by atoms with Gasteiger partial charge in [0, 0.05) is 13.1 Å². The Morgan fingerprint density at radius 2 is 2.05 bits per heavy atom. The van der Waals surface area contributed by atoms with Gasteiger partial charge >= 0.3 is 0 Å². The van der Waals surface area contributed by atoms with Crippen LogP contribution in [0.4, 0.5) is 0 Å². The molecule has 0 unspecified atom stereocenters. The molecule has 1 amide bonds. The zero-order valence-corrected chi connectivity index (χ0v) is 13.3. The summed E-state index contributed by atoms with van der Waals surface area (Å²) >= 11 is 0. The van der Waals surface area contributed by atoms with Gasteiger partial charge in [-0.15, -0.1) is 0 Å². The van der Waals surface area contributed by atoms with E-state index in [4.69, 9.17) is 4.42 Å². The van der Waals surface area contributed by atoms with E-state index in [0.717, 1.165) is 45.0 Å². The molecular weight excluding hydrogens is 278 g/mol. The summed E-state index contributed by atoms with van der Waals surface area (Å²) in [4.78, 5) is 16.7. The molecule has 1 aromatic rings. The monoisotopic (exact) mass is 305 g/mol. The summed E-state index contributed by atoms with van der Waals surface area (Å²) in [5, 5.41) is 3.13. The van der Waals surface area contributed by atoms with Gasteiger partial charge in [0.05, 0.1) is 19.4 Å². The van der Waals surface area contributed by atoms with Gasteiger partial charge in [0.15, 0.2) is 0 Å². The van der Waals surface area contributed by atoms with Crippen molar-refractivity contribution in [3.05, 3.63) is 24.2 Å². The van der Waals surface area contributed by atoms with Crippen LogP contribution in [0.3, 0.4) is 0 Å². The molecule has 0 bridgehead atoms. The number of rotatable bonds is 6. The van der Waals surface area contributed by atoms with Crippen LogP contribution >= 0.6 is 0 Å². The molecule has 22 heavy (non-hydrogen) atoms. The molecule has 2 saturated heterocycles. The Morgan fingerprint density at radius 1 is 1.23 bits per heavy atom. The molecule has 0 spiro atoms. The number of carbonyl (C=O) groups excluding carboxylic acids is 1. The normalized spacial score (nSPS) is 23.7. The summed E-state index contributed by atoms with van der Waals surface area (Å²) in [5.41, 5.74) is 0. The highest BCUT2D eigenvalue weighted by atomic mass is 16.3. The van der Waals surface area contributed by atoms with Crippen molar-refractivity contribution >= 4 is 5.91 Å². The van der Waals surface area contributed by atoms with Crippen molar-refractivity contribution in [1.29, 1.82) is 0 Å². The quantitative estimate of drug-likeness (QED) is 0.869. The lowest BCUT2D eigenvalue weighted by atomic mass is 9.98. The summed E-state index contributed by atoms with van der Waals surface area (Å²) in [6.07, 6.45) is 6.61. The second kappa shape index (κ2) is 7.79. The SMILES string of the molecule is O=C(CN1CCCC1)NC[C@H]1CCCN(Cc2ccco2)C1. The molecule has 5 nitrogen and oxygen atoms in total. The summed E-state index contributed by atoms with van der Waals surface area (Å²) in [5.74, 6) is 1.77. The smallest absolute Gasteiger partial charge is 0.234 e. The maximum absolute atomic E-state index is 12.0. The third kappa shape index (κ3) is 4.58. The molecule has 3 rings (SSSR count). The average Bonchev–Trinajstić information content (AvgIpc) is 3.19. The lowest BCUT2D eigenvalue weighted by Gasteiger charge is -2.32. The van der Waals surface area contributed by atoms with E-state index in [9.17, 15) is 4.79 Å². The number of furan rings is 1. The topological polar surface area (TPSA) is 48.7 Å². The fourth-order valence-electron chi connectivity index (χ4n) is 3.54. The molecule has 3 heterocycles. The fraction of sp³-hybridized carbons (Fsp3) is 0.706. The Balaban J connectivity index is 1.37. The van der Waals surface area contributed by atoms with Crippen molar-refractivity contribution in [2.45, 2.75) is 32.2 Å². The zero-order valence-electron chi connectivity index (χ0n) is 13.3. The van der Waals surface area contributed by atoms with Gasteiger partial charge < -0.3 is 9.73 Å². The fourth-order valence-corrected chi connectivity index (χ4v) is 3.54. The molecule has 0 radical (unpaired) electrons. The number of carbonyl (C=O) groups is 1. The van der Waals surface area contributed by atoms with Gasteiger partial charge in [0.1, 0.15) is 5.76 Å². The van der Waals surface area contributed by atoms with Gasteiger partial charge in [-0.1, -0.05) is 0 Å². The van der Waals surface area contributed by atoms with Crippen LogP contribution in [0.2, 0.25) is 0 Å². The Bertz CT molecular complexity index is 454. The lowest BCUT2D eigenvalue weighted by Crippen LogP contribution is -2.42. The van der Waals surface area contributed by atoms with Gasteiger partial charge in [0.25, 0.3) is 0 Å². The summed E-state index contributed by atoms with van der Waals surface area (Å²) in [6, 6.07) is 3.97. The second-order valence-corrected chi connectivity index (χ2v) is 6.61. The first kappa shape index (κ1) is 15.6. The molecule has 0 aliphatic carbocycles. The Kier molecular flexibility index (Phi) is 5.51. The Labute approximate surface area is 132 Å². The minimum Gasteiger partial charge on any atom is -0.468 e. The maximum Gasteiger partial charge on any atom is 0.234 e. The van der Waals surface area contributed by atoms with E-state index in [1.165, 1.54) is 25.7 Å². The average molecular weight is 305 g/mol. The van der Waals surface area contributed by atoms with Gasteiger partial charge in [-0.2, -0.15) is 0 Å². The van der Waals surface area contributed by atoms with E-state index in [2.05, 4.69) is 15.1 Å². The standard InChI is InChI=1S/C17H27N3O2/c21-17(14-19-7-1-2-8-19)18-11-15-5-3-9-20(12-15)13-16-6-4-10-22-16/h4,6,10,15H,1-3,5,7-9,11-14H2,(H,18,21)/t15-/m1/s1. The van der Waals surface area contributed by atoms with E-state index in [1.54, 1.807) is 6.26 Å². The van der Waals surface area contributed by atoms with Crippen LogP contribution in [0, 0.1) is 5.92 Å². The molecule has 2 aliphatic heterocycles. The number of piperidine rings is 1.